The van der Waals surface area contributed by atoms with E-state index in [1.807, 2.05) is 0 Å². The molecule has 1 amide bonds. The maximum absolute atomic E-state index is 12.4. The molecule has 0 saturated heterocycles. The van der Waals surface area contributed by atoms with E-state index in [-0.39, 0.29) is 18.5 Å². The van der Waals surface area contributed by atoms with E-state index in [0.717, 1.165) is 25.0 Å². The summed E-state index contributed by atoms with van der Waals surface area (Å²) in [5.74, 6) is -0.512. The largest absolute Gasteiger partial charge is 0.416 e. The predicted molar refractivity (Wildman–Crippen MR) is 68.9 cm³/mol. The highest BCUT2D eigenvalue weighted by Crippen LogP contribution is 2.29. The van der Waals surface area contributed by atoms with Crippen LogP contribution in [0.1, 0.15) is 24.0 Å². The molecule has 1 aromatic carbocycles. The number of halogens is 3. The van der Waals surface area contributed by atoms with Crippen LogP contribution in [0.4, 0.5) is 13.2 Å². The molecule has 2 rings (SSSR count). The Bertz CT molecular complexity index is 466. The molecule has 110 valence electrons. The van der Waals surface area contributed by atoms with Crippen molar-refractivity contribution in [2.75, 3.05) is 6.54 Å². The van der Waals surface area contributed by atoms with Gasteiger partial charge in [-0.1, -0.05) is 12.1 Å². The van der Waals surface area contributed by atoms with Gasteiger partial charge in [-0.25, -0.2) is 0 Å². The van der Waals surface area contributed by atoms with Gasteiger partial charge in [0.1, 0.15) is 0 Å². The Kier molecular flexibility index (Phi) is 4.32. The second-order valence-electron chi connectivity index (χ2n) is 5.11. The molecule has 1 aliphatic rings. The van der Waals surface area contributed by atoms with Gasteiger partial charge in [-0.15, -0.1) is 0 Å². The summed E-state index contributed by atoms with van der Waals surface area (Å²) in [6, 6.07) is 5.11. The first-order valence-corrected chi connectivity index (χ1v) is 6.56. The summed E-state index contributed by atoms with van der Waals surface area (Å²) in [5.41, 5.74) is 5.57. The number of rotatable bonds is 5. The van der Waals surface area contributed by atoms with Crippen LogP contribution < -0.4 is 11.1 Å². The molecule has 0 bridgehead atoms. The van der Waals surface area contributed by atoms with E-state index in [2.05, 4.69) is 5.32 Å². The molecule has 1 aliphatic carbocycles. The number of nitrogens with two attached hydrogens (primary N) is 1. The second kappa shape index (κ2) is 5.83. The van der Waals surface area contributed by atoms with Gasteiger partial charge in [0, 0.05) is 12.6 Å². The number of carbonyl (C=O) groups excluding carboxylic acids is 1. The summed E-state index contributed by atoms with van der Waals surface area (Å²) >= 11 is 0. The summed E-state index contributed by atoms with van der Waals surface area (Å²) in [6.07, 6.45) is -2.01. The molecule has 1 saturated carbocycles. The Morgan fingerprint density at radius 3 is 2.35 bits per heavy atom. The van der Waals surface area contributed by atoms with Crippen LogP contribution in [0.15, 0.2) is 24.3 Å². The lowest BCUT2D eigenvalue weighted by Gasteiger charge is -2.15. The molecule has 6 heteroatoms. The minimum atomic E-state index is -4.34. The van der Waals surface area contributed by atoms with Crippen LogP contribution in [0, 0.1) is 5.92 Å². The smallest absolute Gasteiger partial charge is 0.353 e. The molecule has 1 fully saturated rings. The predicted octanol–water partition coefficient (Wildman–Crippen LogP) is 2.10. The van der Waals surface area contributed by atoms with Crippen LogP contribution in [-0.2, 0) is 17.4 Å². The number of carbonyl (C=O) groups is 1. The Morgan fingerprint density at radius 2 is 1.90 bits per heavy atom. The van der Waals surface area contributed by atoms with Crippen molar-refractivity contribution in [3.8, 4) is 0 Å². The van der Waals surface area contributed by atoms with Gasteiger partial charge in [0.05, 0.1) is 11.5 Å². The van der Waals surface area contributed by atoms with Crippen molar-refractivity contribution >= 4 is 5.91 Å². The minimum absolute atomic E-state index is 0.116. The standard InChI is InChI=1S/C14H17F3N2O/c15-14(16,17)11-3-1-9(2-4-11)7-10(8-18)13(20)19-12-5-6-12/h1-4,10,12H,5-8,18H2,(H,19,20). The van der Waals surface area contributed by atoms with Crippen LogP contribution in [0.3, 0.4) is 0 Å². The third-order valence-corrected chi connectivity index (χ3v) is 3.34. The van der Waals surface area contributed by atoms with Crippen LogP contribution >= 0.6 is 0 Å². The van der Waals surface area contributed by atoms with Gasteiger partial charge in [-0.3, -0.25) is 4.79 Å². The fourth-order valence-corrected chi connectivity index (χ4v) is 1.94. The Labute approximate surface area is 115 Å². The summed E-state index contributed by atoms with van der Waals surface area (Å²) < 4.78 is 37.3. The van der Waals surface area contributed by atoms with Crippen molar-refractivity contribution in [3.63, 3.8) is 0 Å². The average molecular weight is 286 g/mol. The van der Waals surface area contributed by atoms with E-state index in [9.17, 15) is 18.0 Å². The van der Waals surface area contributed by atoms with Gasteiger partial charge in [-0.2, -0.15) is 13.2 Å². The van der Waals surface area contributed by atoms with Crippen molar-refractivity contribution in [1.82, 2.24) is 5.32 Å². The Hall–Kier alpha value is -1.56. The average Bonchev–Trinajstić information content (AvgIpc) is 3.19. The number of hydrogen-bond acceptors (Lipinski definition) is 2. The molecule has 3 N–H and O–H groups in total. The number of alkyl halides is 3. The van der Waals surface area contributed by atoms with Crippen LogP contribution in [0.25, 0.3) is 0 Å². The lowest BCUT2D eigenvalue weighted by Crippen LogP contribution is -2.37. The third-order valence-electron chi connectivity index (χ3n) is 3.34. The van der Waals surface area contributed by atoms with Crippen molar-refractivity contribution in [3.05, 3.63) is 35.4 Å². The maximum atomic E-state index is 12.4. The number of benzene rings is 1. The van der Waals surface area contributed by atoms with E-state index < -0.39 is 17.7 Å². The first-order chi connectivity index (χ1) is 9.40. The summed E-state index contributed by atoms with van der Waals surface area (Å²) in [4.78, 5) is 11.9. The lowest BCUT2D eigenvalue weighted by atomic mass is 9.97. The van der Waals surface area contributed by atoms with E-state index in [4.69, 9.17) is 5.73 Å². The molecule has 0 heterocycles. The molecule has 1 aromatic rings. The fourth-order valence-electron chi connectivity index (χ4n) is 1.94. The normalized spacial score (nSPS) is 16.8. The van der Waals surface area contributed by atoms with Crippen LogP contribution in [0.5, 0.6) is 0 Å². The van der Waals surface area contributed by atoms with Gasteiger partial charge in [0.25, 0.3) is 0 Å². The zero-order chi connectivity index (χ0) is 14.8. The van der Waals surface area contributed by atoms with Gasteiger partial charge < -0.3 is 11.1 Å². The summed E-state index contributed by atoms with van der Waals surface area (Å²) in [5, 5.41) is 2.86. The molecule has 0 aliphatic heterocycles. The van der Waals surface area contributed by atoms with Crippen molar-refractivity contribution in [2.24, 2.45) is 11.7 Å². The van der Waals surface area contributed by atoms with Gasteiger partial charge in [-0.05, 0) is 37.0 Å². The third kappa shape index (κ3) is 3.96. The number of nitrogens with one attached hydrogen (secondary N) is 1. The highest BCUT2D eigenvalue weighted by atomic mass is 19.4. The topological polar surface area (TPSA) is 55.1 Å². The van der Waals surface area contributed by atoms with Gasteiger partial charge in [0.15, 0.2) is 0 Å². The van der Waals surface area contributed by atoms with E-state index in [0.29, 0.717) is 12.0 Å². The number of hydrogen-bond donors (Lipinski definition) is 2. The highest BCUT2D eigenvalue weighted by molar-refractivity contribution is 5.79. The Balaban J connectivity index is 1.98. The molecule has 1 unspecified atom stereocenters. The maximum Gasteiger partial charge on any atom is 0.416 e. The summed E-state index contributed by atoms with van der Waals surface area (Å²) in [7, 11) is 0. The van der Waals surface area contributed by atoms with Crippen molar-refractivity contribution in [1.29, 1.82) is 0 Å². The molecule has 0 aromatic heterocycles. The first kappa shape index (κ1) is 14.8. The fraction of sp³-hybridized carbons (Fsp3) is 0.500. The quantitative estimate of drug-likeness (QED) is 0.871. The van der Waals surface area contributed by atoms with Crippen molar-refractivity contribution in [2.45, 2.75) is 31.5 Å². The zero-order valence-corrected chi connectivity index (χ0v) is 10.9. The first-order valence-electron chi connectivity index (χ1n) is 6.56. The monoisotopic (exact) mass is 286 g/mol. The minimum Gasteiger partial charge on any atom is -0.353 e. The van der Waals surface area contributed by atoms with Gasteiger partial charge in [0.2, 0.25) is 5.91 Å². The molecular formula is C14H17F3N2O. The molecular weight excluding hydrogens is 269 g/mol. The van der Waals surface area contributed by atoms with Crippen LogP contribution in [0.2, 0.25) is 0 Å². The number of amides is 1. The van der Waals surface area contributed by atoms with Gasteiger partial charge >= 0.3 is 6.18 Å². The van der Waals surface area contributed by atoms with E-state index in [1.54, 1.807) is 0 Å². The molecule has 3 nitrogen and oxygen atoms in total. The second-order valence-corrected chi connectivity index (χ2v) is 5.11. The lowest BCUT2D eigenvalue weighted by molar-refractivity contribution is -0.137. The Morgan fingerprint density at radius 1 is 1.30 bits per heavy atom. The summed E-state index contributed by atoms with van der Waals surface area (Å²) in [6.45, 7) is 0.180. The van der Waals surface area contributed by atoms with E-state index in [1.165, 1.54) is 12.1 Å². The van der Waals surface area contributed by atoms with E-state index >= 15 is 0 Å². The zero-order valence-electron chi connectivity index (χ0n) is 10.9. The molecule has 20 heavy (non-hydrogen) atoms. The van der Waals surface area contributed by atoms with Crippen molar-refractivity contribution < 1.29 is 18.0 Å². The SMILES string of the molecule is NCC(Cc1ccc(C(F)(F)F)cc1)C(=O)NC1CC1. The highest BCUT2D eigenvalue weighted by Gasteiger charge is 2.30. The van der Waals surface area contributed by atoms with Crippen LogP contribution in [-0.4, -0.2) is 18.5 Å². The molecule has 0 spiro atoms. The molecule has 1 atom stereocenters. The molecule has 0 radical (unpaired) electrons.